The average molecular weight is 370 g/mol. The Morgan fingerprint density at radius 1 is 1.12 bits per heavy atom. The molecule has 140 valence electrons. The molecule has 1 aromatic rings. The van der Waals surface area contributed by atoms with Gasteiger partial charge >= 0.3 is 24.0 Å². The van der Waals surface area contributed by atoms with Crippen LogP contribution in [0.2, 0.25) is 0 Å². The normalized spacial score (nSPS) is 12.5. The summed E-state index contributed by atoms with van der Waals surface area (Å²) in [5.41, 5.74) is -1.02. The lowest BCUT2D eigenvalue weighted by atomic mass is 10.1. The number of carboxylic acids is 3. The standard InChI is InChI=1S/C14H14N2O10/c17-10(18)6-5-8(12(19)20)15-14(23)26-11(13(21)22)7-3-1-2-4-9(7)16(24)25/h1-4,8,11H,5-6H2,(H,15,23)(H,17,18)(H,19,20)(H,21,22)/t8-,11?/m0/s1. The largest absolute Gasteiger partial charge is 0.481 e. The molecule has 12 heteroatoms. The van der Waals surface area contributed by atoms with E-state index >= 15 is 0 Å². The molecule has 0 saturated heterocycles. The number of benzene rings is 1. The number of nitro benzene ring substituents is 1. The number of para-hydroxylation sites is 1. The first kappa shape index (κ1) is 20.3. The van der Waals surface area contributed by atoms with Gasteiger partial charge in [-0.2, -0.15) is 0 Å². The van der Waals surface area contributed by atoms with Gasteiger partial charge in [-0.25, -0.2) is 14.4 Å². The number of nitrogens with one attached hydrogen (secondary N) is 1. The summed E-state index contributed by atoms with van der Waals surface area (Å²) in [7, 11) is 0. The van der Waals surface area contributed by atoms with Crippen molar-refractivity contribution in [3.63, 3.8) is 0 Å². The number of ether oxygens (including phenoxy) is 1. The summed E-state index contributed by atoms with van der Waals surface area (Å²) in [5, 5.41) is 39.5. The van der Waals surface area contributed by atoms with E-state index in [9.17, 15) is 34.4 Å². The molecule has 0 heterocycles. The topological polar surface area (TPSA) is 193 Å². The van der Waals surface area contributed by atoms with Crippen molar-refractivity contribution >= 4 is 29.7 Å². The molecule has 0 aliphatic carbocycles. The first-order chi connectivity index (χ1) is 12.1. The van der Waals surface area contributed by atoms with Crippen LogP contribution in [-0.4, -0.2) is 50.3 Å². The van der Waals surface area contributed by atoms with Crippen molar-refractivity contribution in [2.75, 3.05) is 0 Å². The number of carboxylic acid groups (broad SMARTS) is 3. The molecule has 26 heavy (non-hydrogen) atoms. The summed E-state index contributed by atoms with van der Waals surface area (Å²) in [6.45, 7) is 0. The van der Waals surface area contributed by atoms with E-state index in [4.69, 9.17) is 10.2 Å². The summed E-state index contributed by atoms with van der Waals surface area (Å²) >= 11 is 0. The van der Waals surface area contributed by atoms with Crippen molar-refractivity contribution in [3.05, 3.63) is 39.9 Å². The summed E-state index contributed by atoms with van der Waals surface area (Å²) in [6, 6.07) is 3.03. The van der Waals surface area contributed by atoms with Crippen molar-refractivity contribution in [1.29, 1.82) is 0 Å². The third-order valence-electron chi connectivity index (χ3n) is 3.10. The molecule has 1 rings (SSSR count). The van der Waals surface area contributed by atoms with E-state index in [2.05, 4.69) is 4.74 Å². The van der Waals surface area contributed by atoms with Gasteiger partial charge in [-0.3, -0.25) is 14.9 Å². The lowest BCUT2D eigenvalue weighted by Gasteiger charge is -2.17. The summed E-state index contributed by atoms with van der Waals surface area (Å²) in [5.74, 6) is -4.57. The molecule has 4 N–H and O–H groups in total. The number of nitrogens with zero attached hydrogens (tertiary/aromatic N) is 1. The second-order valence-electron chi connectivity index (χ2n) is 4.91. The van der Waals surface area contributed by atoms with Gasteiger partial charge in [-0.15, -0.1) is 0 Å². The zero-order chi connectivity index (χ0) is 19.9. The molecule has 0 bridgehead atoms. The molecule has 0 aromatic heterocycles. The fourth-order valence-corrected chi connectivity index (χ4v) is 1.93. The van der Waals surface area contributed by atoms with Crippen LogP contribution in [0.5, 0.6) is 0 Å². The Labute approximate surface area is 145 Å². The maximum atomic E-state index is 11.8. The van der Waals surface area contributed by atoms with Gasteiger partial charge in [0.05, 0.1) is 10.5 Å². The van der Waals surface area contributed by atoms with Crippen LogP contribution in [0.25, 0.3) is 0 Å². The Hall–Kier alpha value is -3.70. The van der Waals surface area contributed by atoms with Crippen molar-refractivity contribution in [2.45, 2.75) is 25.0 Å². The molecule has 2 atom stereocenters. The fraction of sp³-hybridized carbons (Fsp3) is 0.286. The summed E-state index contributed by atoms with van der Waals surface area (Å²) < 4.78 is 4.61. The van der Waals surface area contributed by atoms with E-state index in [1.807, 2.05) is 5.32 Å². The fourth-order valence-electron chi connectivity index (χ4n) is 1.93. The van der Waals surface area contributed by atoms with Gasteiger partial charge in [0.25, 0.3) is 5.69 Å². The number of hydrogen-bond donors (Lipinski definition) is 4. The monoisotopic (exact) mass is 370 g/mol. The van der Waals surface area contributed by atoms with Gasteiger partial charge in [0.2, 0.25) is 6.10 Å². The van der Waals surface area contributed by atoms with Crippen molar-refractivity contribution in [1.82, 2.24) is 5.32 Å². The zero-order valence-electron chi connectivity index (χ0n) is 13.0. The van der Waals surface area contributed by atoms with Crippen LogP contribution in [0, 0.1) is 10.1 Å². The molecule has 0 fully saturated rings. The molecule has 0 aliphatic rings. The highest BCUT2D eigenvalue weighted by atomic mass is 16.6. The van der Waals surface area contributed by atoms with Crippen molar-refractivity contribution in [2.24, 2.45) is 0 Å². The predicted octanol–water partition coefficient (Wildman–Crippen LogP) is 0.765. The van der Waals surface area contributed by atoms with E-state index in [1.165, 1.54) is 12.1 Å². The lowest BCUT2D eigenvalue weighted by Crippen LogP contribution is -2.42. The number of amides is 1. The number of carbonyl (C=O) groups excluding carboxylic acids is 1. The summed E-state index contributed by atoms with van der Waals surface area (Å²) in [4.78, 5) is 54.7. The zero-order valence-corrected chi connectivity index (χ0v) is 13.0. The van der Waals surface area contributed by atoms with Gasteiger partial charge in [-0.05, 0) is 12.5 Å². The highest BCUT2D eigenvalue weighted by molar-refractivity contribution is 5.83. The Balaban J connectivity index is 2.95. The van der Waals surface area contributed by atoms with Crippen LogP contribution in [0.15, 0.2) is 24.3 Å². The van der Waals surface area contributed by atoms with E-state index in [-0.39, 0.29) is 0 Å². The van der Waals surface area contributed by atoms with Gasteiger partial charge in [-0.1, -0.05) is 12.1 Å². The van der Waals surface area contributed by atoms with Crippen LogP contribution < -0.4 is 5.32 Å². The molecule has 1 unspecified atom stereocenters. The number of rotatable bonds is 9. The first-order valence-electron chi connectivity index (χ1n) is 7.01. The van der Waals surface area contributed by atoms with Crippen LogP contribution in [-0.2, 0) is 19.1 Å². The number of alkyl carbamates (subject to hydrolysis) is 1. The van der Waals surface area contributed by atoms with E-state index < -0.39 is 65.2 Å². The quantitative estimate of drug-likeness (QED) is 0.356. The number of nitro groups is 1. The van der Waals surface area contributed by atoms with Crippen LogP contribution in [0.3, 0.4) is 0 Å². The number of carbonyl (C=O) groups is 4. The highest BCUT2D eigenvalue weighted by Crippen LogP contribution is 2.27. The molecule has 0 radical (unpaired) electrons. The third-order valence-corrected chi connectivity index (χ3v) is 3.10. The maximum Gasteiger partial charge on any atom is 0.409 e. The first-order valence-corrected chi connectivity index (χ1v) is 7.01. The Kier molecular flexibility index (Phi) is 7.01. The molecular formula is C14H14N2O10. The van der Waals surface area contributed by atoms with Crippen LogP contribution in [0.4, 0.5) is 10.5 Å². The molecule has 0 saturated carbocycles. The highest BCUT2D eigenvalue weighted by Gasteiger charge is 2.32. The minimum Gasteiger partial charge on any atom is -0.481 e. The summed E-state index contributed by atoms with van der Waals surface area (Å²) in [6.07, 6.45) is -4.58. The predicted molar refractivity (Wildman–Crippen MR) is 81.4 cm³/mol. The second-order valence-corrected chi connectivity index (χ2v) is 4.91. The molecular weight excluding hydrogens is 356 g/mol. The Morgan fingerprint density at radius 3 is 2.23 bits per heavy atom. The molecule has 1 aromatic carbocycles. The molecule has 1 amide bonds. The van der Waals surface area contributed by atoms with E-state index in [0.29, 0.717) is 0 Å². The van der Waals surface area contributed by atoms with Gasteiger partial charge in [0.15, 0.2) is 0 Å². The van der Waals surface area contributed by atoms with Gasteiger partial charge < -0.3 is 25.4 Å². The van der Waals surface area contributed by atoms with Gasteiger partial charge in [0.1, 0.15) is 6.04 Å². The minimum atomic E-state index is -2.06. The number of hydrogen-bond acceptors (Lipinski definition) is 7. The SMILES string of the molecule is O=C(O)CC[C@H](NC(=O)OC(C(=O)O)c1ccccc1[N+](=O)[O-])C(=O)O. The molecule has 0 aliphatic heterocycles. The third kappa shape index (κ3) is 5.74. The van der Waals surface area contributed by atoms with Gasteiger partial charge in [0, 0.05) is 12.5 Å². The van der Waals surface area contributed by atoms with Crippen molar-refractivity contribution in [3.8, 4) is 0 Å². The maximum absolute atomic E-state index is 11.8. The van der Waals surface area contributed by atoms with Crippen molar-refractivity contribution < 1.29 is 44.2 Å². The molecule has 0 spiro atoms. The smallest absolute Gasteiger partial charge is 0.409 e. The Bertz CT molecular complexity index is 732. The van der Waals surface area contributed by atoms with E-state index in [0.717, 1.165) is 12.1 Å². The lowest BCUT2D eigenvalue weighted by molar-refractivity contribution is -0.386. The number of aliphatic carboxylic acids is 3. The molecule has 12 nitrogen and oxygen atoms in total. The average Bonchev–Trinajstić information content (AvgIpc) is 2.55. The minimum absolute atomic E-state index is 0.419. The van der Waals surface area contributed by atoms with E-state index in [1.54, 1.807) is 0 Å². The second kappa shape index (κ2) is 8.96. The Morgan fingerprint density at radius 2 is 1.73 bits per heavy atom. The van der Waals surface area contributed by atoms with Crippen LogP contribution >= 0.6 is 0 Å². The van der Waals surface area contributed by atoms with Crippen LogP contribution in [0.1, 0.15) is 24.5 Å².